The molecule has 1 aliphatic carbocycles. The smallest absolute Gasteiger partial charge is 0.250 e. The first-order valence-electron chi connectivity index (χ1n) is 6.95. The van der Waals surface area contributed by atoms with Gasteiger partial charge in [0.15, 0.2) is 0 Å². The summed E-state index contributed by atoms with van der Waals surface area (Å²) in [6, 6.07) is 1.71. The molecule has 114 valence electrons. The number of rotatable bonds is 8. The molecule has 0 bridgehead atoms. The Morgan fingerprint density at radius 2 is 2.15 bits per heavy atom. The second-order valence-corrected chi connectivity index (χ2v) is 7.88. The van der Waals surface area contributed by atoms with Gasteiger partial charge in [-0.3, -0.25) is 0 Å². The van der Waals surface area contributed by atoms with Crippen molar-refractivity contribution in [1.82, 2.24) is 10.0 Å². The summed E-state index contributed by atoms with van der Waals surface area (Å²) in [4.78, 5) is 0. The average molecular weight is 318 g/mol. The van der Waals surface area contributed by atoms with Crippen molar-refractivity contribution in [3.8, 4) is 0 Å². The van der Waals surface area contributed by atoms with E-state index in [-0.39, 0.29) is 0 Å². The van der Waals surface area contributed by atoms with Crippen molar-refractivity contribution < 1.29 is 13.2 Å². The van der Waals surface area contributed by atoms with E-state index in [9.17, 15) is 8.42 Å². The lowest BCUT2D eigenvalue weighted by Crippen LogP contribution is -2.28. The third kappa shape index (κ3) is 4.53. The first-order valence-corrected chi connectivity index (χ1v) is 9.31. The number of thiophene rings is 1. The molecule has 1 heterocycles. The molecule has 1 aromatic rings. The average Bonchev–Trinajstić information content (AvgIpc) is 3.06. The number of sulfonamides is 1. The van der Waals surface area contributed by atoms with E-state index in [1.165, 1.54) is 24.2 Å². The van der Waals surface area contributed by atoms with Gasteiger partial charge in [0.2, 0.25) is 10.0 Å². The van der Waals surface area contributed by atoms with E-state index in [4.69, 9.17) is 4.74 Å². The molecule has 0 aliphatic heterocycles. The zero-order chi connectivity index (χ0) is 14.4. The molecule has 0 atom stereocenters. The molecule has 20 heavy (non-hydrogen) atoms. The lowest BCUT2D eigenvalue weighted by Gasteiger charge is -2.11. The van der Waals surface area contributed by atoms with Crippen LogP contribution in [0.3, 0.4) is 0 Å². The van der Waals surface area contributed by atoms with Crippen LogP contribution in [0, 0.1) is 0 Å². The lowest BCUT2D eigenvalue weighted by atomic mass is 10.3. The van der Waals surface area contributed by atoms with Gasteiger partial charge >= 0.3 is 0 Å². The van der Waals surface area contributed by atoms with E-state index in [0.29, 0.717) is 30.0 Å². The predicted molar refractivity (Wildman–Crippen MR) is 80.5 cm³/mol. The Bertz CT molecular complexity index is 507. The highest BCUT2D eigenvalue weighted by Crippen LogP contribution is 2.21. The molecule has 1 saturated carbocycles. The van der Waals surface area contributed by atoms with Gasteiger partial charge < -0.3 is 10.1 Å². The molecule has 7 heteroatoms. The molecule has 0 aromatic carbocycles. The molecule has 1 aromatic heterocycles. The molecule has 0 unspecified atom stereocenters. The summed E-state index contributed by atoms with van der Waals surface area (Å²) in [6.07, 6.45) is 4.97. The zero-order valence-corrected chi connectivity index (χ0v) is 13.4. The van der Waals surface area contributed by atoms with Crippen molar-refractivity contribution >= 4 is 21.4 Å². The summed E-state index contributed by atoms with van der Waals surface area (Å²) in [7, 11) is -1.56. The molecule has 2 N–H and O–H groups in total. The van der Waals surface area contributed by atoms with Gasteiger partial charge in [0.1, 0.15) is 4.21 Å². The van der Waals surface area contributed by atoms with Crippen molar-refractivity contribution in [2.75, 3.05) is 20.2 Å². The van der Waals surface area contributed by atoms with Gasteiger partial charge in [-0.15, -0.1) is 11.3 Å². The standard InChI is InChI=1S/C13H22N2O3S2/c1-14-9-11-8-13(19-10-11)20(16,17)15-6-7-18-12-4-2-3-5-12/h8,10,12,14-15H,2-7,9H2,1H3. The molecule has 1 fully saturated rings. The molecule has 2 rings (SSSR count). The Balaban J connectivity index is 1.77. The highest BCUT2D eigenvalue weighted by Gasteiger charge is 2.18. The Morgan fingerprint density at radius 1 is 1.40 bits per heavy atom. The van der Waals surface area contributed by atoms with Crippen LogP contribution in [0.2, 0.25) is 0 Å². The minimum absolute atomic E-state index is 0.323. The quantitative estimate of drug-likeness (QED) is 0.716. The van der Waals surface area contributed by atoms with Crippen LogP contribution in [0.15, 0.2) is 15.7 Å². The maximum Gasteiger partial charge on any atom is 0.250 e. The van der Waals surface area contributed by atoms with Crippen LogP contribution in [0.1, 0.15) is 31.2 Å². The van der Waals surface area contributed by atoms with E-state index < -0.39 is 10.0 Å². The van der Waals surface area contributed by atoms with E-state index in [1.807, 2.05) is 12.4 Å². The van der Waals surface area contributed by atoms with Crippen molar-refractivity contribution in [3.63, 3.8) is 0 Å². The molecule has 0 saturated heterocycles. The summed E-state index contributed by atoms with van der Waals surface area (Å²) in [5, 5.41) is 4.86. The first kappa shape index (κ1) is 15.9. The Hall–Kier alpha value is -0.470. The monoisotopic (exact) mass is 318 g/mol. The van der Waals surface area contributed by atoms with Gasteiger partial charge in [-0.1, -0.05) is 12.8 Å². The summed E-state index contributed by atoms with van der Waals surface area (Å²) >= 11 is 1.25. The highest BCUT2D eigenvalue weighted by molar-refractivity contribution is 7.91. The molecule has 0 radical (unpaired) electrons. The lowest BCUT2D eigenvalue weighted by molar-refractivity contribution is 0.0626. The van der Waals surface area contributed by atoms with Gasteiger partial charge in [0, 0.05) is 13.1 Å². The normalized spacial score (nSPS) is 16.9. The molecular weight excluding hydrogens is 296 g/mol. The fourth-order valence-electron chi connectivity index (χ4n) is 2.32. The second-order valence-electron chi connectivity index (χ2n) is 4.98. The summed E-state index contributed by atoms with van der Waals surface area (Å²) in [5.74, 6) is 0. The minimum Gasteiger partial charge on any atom is -0.377 e. The van der Waals surface area contributed by atoms with Crippen LogP contribution in [-0.2, 0) is 21.3 Å². The van der Waals surface area contributed by atoms with Gasteiger partial charge in [-0.2, -0.15) is 0 Å². The summed E-state index contributed by atoms with van der Waals surface area (Å²) in [6.45, 7) is 1.45. The third-order valence-electron chi connectivity index (χ3n) is 3.33. The van der Waals surface area contributed by atoms with Crippen molar-refractivity contribution in [1.29, 1.82) is 0 Å². The molecule has 1 aliphatic rings. The minimum atomic E-state index is -3.39. The van der Waals surface area contributed by atoms with Crippen LogP contribution < -0.4 is 10.0 Å². The van der Waals surface area contributed by atoms with Crippen molar-refractivity contribution in [2.24, 2.45) is 0 Å². The highest BCUT2D eigenvalue weighted by atomic mass is 32.2. The van der Waals surface area contributed by atoms with Crippen LogP contribution in [0.25, 0.3) is 0 Å². The molecule has 5 nitrogen and oxygen atoms in total. The topological polar surface area (TPSA) is 67.4 Å². The van der Waals surface area contributed by atoms with Gasteiger partial charge in [0.25, 0.3) is 0 Å². The number of hydrogen-bond acceptors (Lipinski definition) is 5. The fraction of sp³-hybridized carbons (Fsp3) is 0.692. The Kier molecular flexibility index (Phi) is 5.98. The molecule has 0 amide bonds. The van der Waals surface area contributed by atoms with Crippen LogP contribution in [0.4, 0.5) is 0 Å². The third-order valence-corrected chi connectivity index (χ3v) is 6.27. The maximum absolute atomic E-state index is 12.1. The number of hydrogen-bond donors (Lipinski definition) is 2. The molecule has 0 spiro atoms. The summed E-state index contributed by atoms with van der Waals surface area (Å²) in [5.41, 5.74) is 0.986. The largest absolute Gasteiger partial charge is 0.377 e. The zero-order valence-electron chi connectivity index (χ0n) is 11.7. The van der Waals surface area contributed by atoms with Crippen LogP contribution in [0.5, 0.6) is 0 Å². The summed E-state index contributed by atoms with van der Waals surface area (Å²) < 4.78 is 32.7. The van der Waals surface area contributed by atoms with Crippen molar-refractivity contribution in [2.45, 2.75) is 42.5 Å². The number of nitrogens with one attached hydrogen (secondary N) is 2. The number of ether oxygens (including phenoxy) is 1. The second kappa shape index (κ2) is 7.51. The Labute approximate surface area is 124 Å². The van der Waals surface area contributed by atoms with E-state index in [1.54, 1.807) is 6.07 Å². The van der Waals surface area contributed by atoms with Crippen LogP contribution >= 0.6 is 11.3 Å². The fourth-order valence-corrected chi connectivity index (χ4v) is 4.59. The van der Waals surface area contributed by atoms with E-state index in [2.05, 4.69) is 10.0 Å². The van der Waals surface area contributed by atoms with Gasteiger partial charge in [-0.25, -0.2) is 13.1 Å². The van der Waals surface area contributed by atoms with Crippen LogP contribution in [-0.4, -0.2) is 34.7 Å². The maximum atomic E-state index is 12.1. The van der Waals surface area contributed by atoms with Gasteiger partial charge in [0.05, 0.1) is 12.7 Å². The Morgan fingerprint density at radius 3 is 2.85 bits per heavy atom. The van der Waals surface area contributed by atoms with Gasteiger partial charge in [-0.05, 0) is 36.9 Å². The van der Waals surface area contributed by atoms with E-state index >= 15 is 0 Å². The molecular formula is C13H22N2O3S2. The SMILES string of the molecule is CNCc1csc(S(=O)(=O)NCCOC2CCCC2)c1. The first-order chi connectivity index (χ1) is 9.62. The van der Waals surface area contributed by atoms with E-state index in [0.717, 1.165) is 18.4 Å². The predicted octanol–water partition coefficient (Wildman–Crippen LogP) is 1.70. The van der Waals surface area contributed by atoms with Crippen molar-refractivity contribution in [3.05, 3.63) is 17.0 Å².